The minimum absolute atomic E-state index is 0.0469. The Morgan fingerprint density at radius 1 is 1.57 bits per heavy atom. The molecule has 4 heteroatoms. The van der Waals surface area contributed by atoms with Crippen molar-refractivity contribution >= 4 is 11.8 Å². The molecule has 0 unspecified atom stereocenters. The standard InChI is InChI=1S/C10H13N3O/c1-8-3-4-11-9(7-8)12-10(14)13-5-2-6-13/h3-4,7H,2,5-6H2,1H3,(H,11,12,14). The maximum Gasteiger partial charge on any atom is 0.323 e. The molecule has 0 bridgehead atoms. The molecule has 2 heterocycles. The Morgan fingerprint density at radius 2 is 2.36 bits per heavy atom. The van der Waals surface area contributed by atoms with Crippen molar-refractivity contribution in [3.8, 4) is 0 Å². The second-order valence-corrected chi connectivity index (χ2v) is 3.49. The number of nitrogens with one attached hydrogen (secondary N) is 1. The zero-order valence-corrected chi connectivity index (χ0v) is 8.16. The zero-order chi connectivity index (χ0) is 9.97. The number of carbonyl (C=O) groups excluding carboxylic acids is 1. The number of pyridine rings is 1. The van der Waals surface area contributed by atoms with E-state index in [9.17, 15) is 4.79 Å². The van der Waals surface area contributed by atoms with Crippen LogP contribution in [-0.2, 0) is 0 Å². The number of aromatic nitrogens is 1. The first-order valence-corrected chi connectivity index (χ1v) is 4.74. The number of nitrogens with zero attached hydrogens (tertiary/aromatic N) is 2. The van der Waals surface area contributed by atoms with Crippen LogP contribution in [0.2, 0.25) is 0 Å². The van der Waals surface area contributed by atoms with E-state index >= 15 is 0 Å². The summed E-state index contributed by atoms with van der Waals surface area (Å²) in [5.74, 6) is 0.627. The third-order valence-electron chi connectivity index (χ3n) is 2.29. The monoisotopic (exact) mass is 191 g/mol. The third-order valence-corrected chi connectivity index (χ3v) is 2.29. The summed E-state index contributed by atoms with van der Waals surface area (Å²) in [5.41, 5.74) is 1.10. The summed E-state index contributed by atoms with van der Waals surface area (Å²) in [6.45, 7) is 3.69. The number of carbonyl (C=O) groups is 1. The Bertz CT molecular complexity index is 347. The van der Waals surface area contributed by atoms with E-state index in [4.69, 9.17) is 0 Å². The fourth-order valence-corrected chi connectivity index (χ4v) is 1.31. The first-order valence-electron chi connectivity index (χ1n) is 4.74. The van der Waals surface area contributed by atoms with Gasteiger partial charge in [-0.3, -0.25) is 5.32 Å². The number of amides is 2. The second kappa shape index (κ2) is 3.65. The first-order chi connectivity index (χ1) is 6.75. The van der Waals surface area contributed by atoms with Crippen molar-refractivity contribution in [2.24, 2.45) is 0 Å². The topological polar surface area (TPSA) is 45.2 Å². The molecular formula is C10H13N3O. The predicted octanol–water partition coefficient (Wildman–Crippen LogP) is 1.63. The summed E-state index contributed by atoms with van der Waals surface area (Å²) >= 11 is 0. The van der Waals surface area contributed by atoms with Gasteiger partial charge in [0.05, 0.1) is 0 Å². The van der Waals surface area contributed by atoms with Crippen molar-refractivity contribution in [2.75, 3.05) is 18.4 Å². The maximum atomic E-state index is 11.5. The Kier molecular flexibility index (Phi) is 2.35. The first kappa shape index (κ1) is 8.99. The van der Waals surface area contributed by atoms with Crippen LogP contribution in [-0.4, -0.2) is 29.0 Å². The molecule has 1 fully saturated rings. The minimum atomic E-state index is -0.0469. The summed E-state index contributed by atoms with van der Waals surface area (Å²) in [6.07, 6.45) is 2.80. The Hall–Kier alpha value is -1.58. The zero-order valence-electron chi connectivity index (χ0n) is 8.16. The van der Waals surface area contributed by atoms with Crippen molar-refractivity contribution in [3.63, 3.8) is 0 Å². The van der Waals surface area contributed by atoms with Crippen molar-refractivity contribution in [1.29, 1.82) is 0 Å². The maximum absolute atomic E-state index is 11.5. The second-order valence-electron chi connectivity index (χ2n) is 3.49. The van der Waals surface area contributed by atoms with Crippen LogP contribution in [0, 0.1) is 6.92 Å². The highest BCUT2D eigenvalue weighted by molar-refractivity contribution is 5.88. The van der Waals surface area contributed by atoms with Gasteiger partial charge in [0.1, 0.15) is 5.82 Å². The van der Waals surface area contributed by atoms with Gasteiger partial charge in [-0.25, -0.2) is 9.78 Å². The van der Waals surface area contributed by atoms with Gasteiger partial charge in [-0.2, -0.15) is 0 Å². The summed E-state index contributed by atoms with van der Waals surface area (Å²) in [5, 5.41) is 2.76. The molecule has 1 aromatic rings. The van der Waals surface area contributed by atoms with Gasteiger partial charge >= 0.3 is 6.03 Å². The van der Waals surface area contributed by atoms with Crippen LogP contribution in [0.3, 0.4) is 0 Å². The molecule has 0 aromatic carbocycles. The highest BCUT2D eigenvalue weighted by Gasteiger charge is 2.19. The van der Waals surface area contributed by atoms with Crippen molar-refractivity contribution < 1.29 is 4.79 Å². The molecule has 1 aliphatic rings. The number of urea groups is 1. The molecule has 14 heavy (non-hydrogen) atoms. The minimum Gasteiger partial charge on any atom is -0.324 e. The molecule has 0 atom stereocenters. The van der Waals surface area contributed by atoms with Gasteiger partial charge < -0.3 is 4.90 Å². The normalized spacial score (nSPS) is 14.8. The van der Waals surface area contributed by atoms with E-state index in [-0.39, 0.29) is 6.03 Å². The molecule has 0 spiro atoms. The average Bonchev–Trinajstić information content (AvgIpc) is 1.99. The lowest BCUT2D eigenvalue weighted by Gasteiger charge is -2.30. The van der Waals surface area contributed by atoms with Crippen LogP contribution in [0.4, 0.5) is 10.6 Å². The molecule has 74 valence electrons. The van der Waals surface area contributed by atoms with Crippen LogP contribution < -0.4 is 5.32 Å². The Balaban J connectivity index is 1.99. The average molecular weight is 191 g/mol. The molecule has 2 amide bonds. The van der Waals surface area contributed by atoms with Gasteiger partial charge in [-0.1, -0.05) is 0 Å². The third kappa shape index (κ3) is 1.84. The molecule has 2 rings (SSSR count). The lowest BCUT2D eigenvalue weighted by atomic mass is 10.2. The summed E-state index contributed by atoms with van der Waals surface area (Å²) in [4.78, 5) is 17.3. The van der Waals surface area contributed by atoms with E-state index in [1.807, 2.05) is 19.1 Å². The SMILES string of the molecule is Cc1ccnc(NC(=O)N2CCC2)c1. The van der Waals surface area contributed by atoms with Gasteiger partial charge in [0.2, 0.25) is 0 Å². The molecule has 1 N–H and O–H groups in total. The number of hydrogen-bond acceptors (Lipinski definition) is 2. The van der Waals surface area contributed by atoms with Crippen LogP contribution in [0.1, 0.15) is 12.0 Å². The van der Waals surface area contributed by atoms with Crippen molar-refractivity contribution in [3.05, 3.63) is 23.9 Å². The number of hydrogen-bond donors (Lipinski definition) is 1. The van der Waals surface area contributed by atoms with Crippen molar-refractivity contribution in [2.45, 2.75) is 13.3 Å². The van der Waals surface area contributed by atoms with E-state index in [1.54, 1.807) is 11.1 Å². The quantitative estimate of drug-likeness (QED) is 0.733. The van der Waals surface area contributed by atoms with Crippen LogP contribution in [0.25, 0.3) is 0 Å². The largest absolute Gasteiger partial charge is 0.324 e. The summed E-state index contributed by atoms with van der Waals surface area (Å²) in [6, 6.07) is 3.71. The van der Waals surface area contributed by atoms with E-state index in [0.29, 0.717) is 5.82 Å². The molecule has 1 aromatic heterocycles. The van der Waals surface area contributed by atoms with Gasteiger partial charge in [-0.15, -0.1) is 0 Å². The fraction of sp³-hybridized carbons (Fsp3) is 0.400. The van der Waals surface area contributed by atoms with E-state index in [0.717, 1.165) is 25.1 Å². The molecule has 1 saturated heterocycles. The summed E-state index contributed by atoms with van der Waals surface area (Å²) in [7, 11) is 0. The molecule has 1 aliphatic heterocycles. The molecular weight excluding hydrogens is 178 g/mol. The number of likely N-dealkylation sites (tertiary alicyclic amines) is 1. The van der Waals surface area contributed by atoms with Gasteiger partial charge in [0.15, 0.2) is 0 Å². The van der Waals surface area contributed by atoms with E-state index < -0.39 is 0 Å². The van der Waals surface area contributed by atoms with Gasteiger partial charge in [-0.05, 0) is 31.0 Å². The lowest BCUT2D eigenvalue weighted by molar-refractivity contribution is 0.181. The number of anilines is 1. The van der Waals surface area contributed by atoms with Crippen LogP contribution in [0.5, 0.6) is 0 Å². The van der Waals surface area contributed by atoms with Gasteiger partial charge in [0.25, 0.3) is 0 Å². The van der Waals surface area contributed by atoms with Crippen LogP contribution in [0.15, 0.2) is 18.3 Å². The predicted molar refractivity (Wildman–Crippen MR) is 54.2 cm³/mol. The smallest absolute Gasteiger partial charge is 0.323 e. The van der Waals surface area contributed by atoms with Crippen LogP contribution >= 0.6 is 0 Å². The summed E-state index contributed by atoms with van der Waals surface area (Å²) < 4.78 is 0. The molecule has 4 nitrogen and oxygen atoms in total. The highest BCUT2D eigenvalue weighted by Crippen LogP contribution is 2.10. The highest BCUT2D eigenvalue weighted by atomic mass is 16.2. The molecule has 0 saturated carbocycles. The Labute approximate surface area is 82.9 Å². The lowest BCUT2D eigenvalue weighted by Crippen LogP contribution is -2.44. The van der Waals surface area contributed by atoms with Crippen molar-refractivity contribution in [1.82, 2.24) is 9.88 Å². The number of rotatable bonds is 1. The Morgan fingerprint density at radius 3 is 2.93 bits per heavy atom. The number of aryl methyl sites for hydroxylation is 1. The van der Waals surface area contributed by atoms with Gasteiger partial charge in [0, 0.05) is 19.3 Å². The molecule has 0 aliphatic carbocycles. The van der Waals surface area contributed by atoms with E-state index in [2.05, 4.69) is 10.3 Å². The molecule has 0 radical (unpaired) electrons. The fourth-order valence-electron chi connectivity index (χ4n) is 1.31. The van der Waals surface area contributed by atoms with E-state index in [1.165, 1.54) is 0 Å².